The number of nitrogens with zero attached hydrogens (tertiary/aromatic N) is 4. The highest BCUT2D eigenvalue weighted by Crippen LogP contribution is 2.46. The third kappa shape index (κ3) is 13.9. The number of carbonyl (C=O) groups is 2. The van der Waals surface area contributed by atoms with Gasteiger partial charge in [0.15, 0.2) is 0 Å². The van der Waals surface area contributed by atoms with E-state index in [0.29, 0.717) is 16.2 Å². The Morgan fingerprint density at radius 1 is 0.789 bits per heavy atom. The van der Waals surface area contributed by atoms with Gasteiger partial charge in [0.25, 0.3) is 8.53 Å². The van der Waals surface area contributed by atoms with Crippen molar-refractivity contribution in [1.29, 1.82) is 5.26 Å². The Morgan fingerprint density at radius 3 is 1.66 bits per heavy atom. The second-order valence-corrected chi connectivity index (χ2v) is 10.5. The van der Waals surface area contributed by atoms with Gasteiger partial charge in [-0.2, -0.15) is 31.6 Å². The summed E-state index contributed by atoms with van der Waals surface area (Å²) in [5, 5.41) is 8.76. The molecule has 0 rings (SSSR count). The molecule has 15 heteroatoms. The number of hydrogen-bond donors (Lipinski definition) is 0. The Labute approximate surface area is 222 Å². The Morgan fingerprint density at radius 2 is 1.24 bits per heavy atom. The van der Waals surface area contributed by atoms with E-state index in [2.05, 4.69) is 0 Å². The molecule has 8 nitrogen and oxygen atoms in total. The fourth-order valence-electron chi connectivity index (χ4n) is 3.57. The van der Waals surface area contributed by atoms with Gasteiger partial charge in [0.05, 0.1) is 25.7 Å². The molecule has 0 aromatic rings. The molecule has 38 heavy (non-hydrogen) atoms. The highest BCUT2D eigenvalue weighted by Gasteiger charge is 2.43. The molecule has 0 fully saturated rings. The molecule has 0 aliphatic heterocycles. The van der Waals surface area contributed by atoms with Crippen LogP contribution in [-0.2, 0) is 18.6 Å². The van der Waals surface area contributed by atoms with Crippen LogP contribution in [0.5, 0.6) is 0 Å². The smallest absolute Gasteiger partial charge is 0.335 e. The van der Waals surface area contributed by atoms with Gasteiger partial charge in [-0.25, -0.2) is 4.67 Å². The van der Waals surface area contributed by atoms with Crippen molar-refractivity contribution in [2.75, 3.05) is 39.4 Å². The van der Waals surface area contributed by atoms with Crippen LogP contribution >= 0.6 is 8.53 Å². The summed E-state index contributed by atoms with van der Waals surface area (Å²) in [6.45, 7) is 8.32. The van der Waals surface area contributed by atoms with E-state index in [4.69, 9.17) is 14.3 Å². The monoisotopic (exact) mass is 580 g/mol. The zero-order valence-corrected chi connectivity index (χ0v) is 23.5. The fourth-order valence-corrected chi connectivity index (χ4v) is 5.20. The Bertz CT molecular complexity index is 739. The van der Waals surface area contributed by atoms with Crippen molar-refractivity contribution < 1.29 is 45.0 Å². The van der Waals surface area contributed by atoms with Crippen LogP contribution in [0.25, 0.3) is 0 Å². The number of unbranched alkanes of at least 4 members (excludes halogenated alkanes) is 1. The predicted molar refractivity (Wildman–Crippen MR) is 131 cm³/mol. The molecule has 0 aromatic carbocycles. The second kappa shape index (κ2) is 17.8. The maximum absolute atomic E-state index is 13.1. The predicted octanol–water partition coefficient (Wildman–Crippen LogP) is 5.64. The average Bonchev–Trinajstić information content (AvgIpc) is 2.79. The summed E-state index contributed by atoms with van der Waals surface area (Å²) in [6, 6.07) is 2.12. The highest BCUT2D eigenvalue weighted by atomic mass is 31.2. The van der Waals surface area contributed by atoms with Crippen molar-refractivity contribution in [3.05, 3.63) is 0 Å². The van der Waals surface area contributed by atoms with Crippen LogP contribution in [-0.4, -0.2) is 90.1 Å². The van der Waals surface area contributed by atoms with Gasteiger partial charge in [-0.05, 0) is 53.4 Å². The number of rotatable bonds is 18. The van der Waals surface area contributed by atoms with E-state index in [1.165, 1.54) is 0 Å². The van der Waals surface area contributed by atoms with Crippen LogP contribution in [0.4, 0.5) is 26.3 Å². The topological polar surface area (TPSA) is 86.1 Å². The molecule has 0 saturated heterocycles. The molecule has 2 amide bonds. The van der Waals surface area contributed by atoms with Crippen molar-refractivity contribution in [2.24, 2.45) is 0 Å². The molecule has 0 bridgehead atoms. The van der Waals surface area contributed by atoms with Crippen LogP contribution in [0.1, 0.15) is 66.7 Å². The Hall–Kier alpha value is -1.68. The number of alkyl halides is 6. The average molecular weight is 581 g/mol. The van der Waals surface area contributed by atoms with Crippen molar-refractivity contribution in [3.63, 3.8) is 0 Å². The van der Waals surface area contributed by atoms with Crippen molar-refractivity contribution in [3.8, 4) is 6.07 Å². The lowest BCUT2D eigenvalue weighted by Gasteiger charge is -2.35. The minimum Gasteiger partial charge on any atom is -0.335 e. The van der Waals surface area contributed by atoms with E-state index in [1.54, 1.807) is 6.92 Å². The Balaban J connectivity index is 5.07. The van der Waals surface area contributed by atoms with Gasteiger partial charge >= 0.3 is 24.2 Å². The molecule has 0 radical (unpaired) electrons. The Kier molecular flexibility index (Phi) is 17.0. The first-order valence-corrected chi connectivity index (χ1v) is 13.6. The van der Waals surface area contributed by atoms with Crippen LogP contribution in [0.2, 0.25) is 0 Å². The summed E-state index contributed by atoms with van der Waals surface area (Å²) in [6.07, 6.45) is -9.62. The summed E-state index contributed by atoms with van der Waals surface area (Å²) >= 11 is 0. The molecular weight excluding hydrogens is 541 g/mol. The molecule has 0 aliphatic carbocycles. The van der Waals surface area contributed by atoms with Gasteiger partial charge in [0.1, 0.15) is 0 Å². The number of hydrogen-bond acceptors (Lipinski definition) is 6. The van der Waals surface area contributed by atoms with Crippen molar-refractivity contribution >= 4 is 20.3 Å². The number of carbonyl (C=O) groups excluding carboxylic acids is 2. The number of nitriles is 1. The first kappa shape index (κ1) is 36.3. The van der Waals surface area contributed by atoms with E-state index < -0.39 is 45.8 Å². The summed E-state index contributed by atoms with van der Waals surface area (Å²) in [5.41, 5.74) is 0. The molecule has 0 aliphatic rings. The molecular formula is C23H39F6N4O4P. The SMILES string of the molecule is CCCN(CCCN(CCCCOP(OCCC#N)N(C(C)C)C(C)C)C(=O)C(F)(F)F)C(=O)C(F)(F)F. The largest absolute Gasteiger partial charge is 0.471 e. The molecule has 0 heterocycles. The molecule has 0 spiro atoms. The maximum Gasteiger partial charge on any atom is 0.471 e. The van der Waals surface area contributed by atoms with Gasteiger partial charge in [-0.15, -0.1) is 0 Å². The maximum atomic E-state index is 13.1. The zero-order valence-electron chi connectivity index (χ0n) is 22.6. The van der Waals surface area contributed by atoms with Crippen molar-refractivity contribution in [1.82, 2.24) is 14.5 Å². The van der Waals surface area contributed by atoms with Crippen LogP contribution in [0, 0.1) is 11.3 Å². The lowest BCUT2D eigenvalue weighted by Crippen LogP contribution is -2.45. The highest BCUT2D eigenvalue weighted by molar-refractivity contribution is 7.44. The molecule has 1 unspecified atom stereocenters. The van der Waals surface area contributed by atoms with Crippen LogP contribution in [0.3, 0.4) is 0 Å². The quantitative estimate of drug-likeness (QED) is 0.119. The first-order chi connectivity index (χ1) is 17.6. The first-order valence-electron chi connectivity index (χ1n) is 12.5. The minimum absolute atomic E-state index is 0.0691. The van der Waals surface area contributed by atoms with E-state index in [1.807, 2.05) is 38.4 Å². The normalized spacial score (nSPS) is 13.2. The van der Waals surface area contributed by atoms with Gasteiger partial charge < -0.3 is 18.8 Å². The third-order valence-corrected chi connectivity index (χ3v) is 7.20. The number of amides is 2. The lowest BCUT2D eigenvalue weighted by atomic mass is 10.2. The van der Waals surface area contributed by atoms with Crippen LogP contribution < -0.4 is 0 Å². The standard InChI is InChI=1S/C23H39F6N4O4P/c1-6-12-31(20(34)22(24,25)26)14-10-15-32(21(35)23(27,28)29)13-7-8-16-36-38(37-17-9-11-30)33(18(2)3)19(4)5/h18-19H,6-10,12-17H2,1-5H3. The lowest BCUT2D eigenvalue weighted by molar-refractivity contribution is -0.187. The van der Waals surface area contributed by atoms with Crippen molar-refractivity contribution in [2.45, 2.75) is 91.2 Å². The van der Waals surface area contributed by atoms with E-state index >= 15 is 0 Å². The van der Waals surface area contributed by atoms with E-state index in [0.717, 1.165) is 0 Å². The molecule has 0 N–H and O–H groups in total. The fraction of sp³-hybridized carbons (Fsp3) is 0.870. The van der Waals surface area contributed by atoms with Crippen LogP contribution in [0.15, 0.2) is 0 Å². The molecule has 1 atom stereocenters. The third-order valence-electron chi connectivity index (χ3n) is 5.10. The molecule has 0 saturated carbocycles. The summed E-state index contributed by atoms with van der Waals surface area (Å²) in [7, 11) is -1.52. The van der Waals surface area contributed by atoms with E-state index in [-0.39, 0.29) is 64.1 Å². The van der Waals surface area contributed by atoms with Gasteiger partial charge in [-0.1, -0.05) is 6.92 Å². The van der Waals surface area contributed by atoms with Gasteiger partial charge in [0, 0.05) is 38.3 Å². The van der Waals surface area contributed by atoms with E-state index in [9.17, 15) is 35.9 Å². The summed E-state index contributed by atoms with van der Waals surface area (Å²) < 4.78 is 91.2. The zero-order chi connectivity index (χ0) is 29.5. The molecule has 0 aromatic heterocycles. The van der Waals surface area contributed by atoms with Gasteiger partial charge in [0.2, 0.25) is 0 Å². The van der Waals surface area contributed by atoms with Gasteiger partial charge in [-0.3, -0.25) is 9.59 Å². The minimum atomic E-state index is -5.14. The number of halogens is 6. The summed E-state index contributed by atoms with van der Waals surface area (Å²) in [4.78, 5) is 24.5. The second-order valence-electron chi connectivity index (χ2n) is 9.02. The summed E-state index contributed by atoms with van der Waals surface area (Å²) in [5.74, 6) is -4.15. The molecule has 222 valence electrons.